The summed E-state index contributed by atoms with van der Waals surface area (Å²) in [5.74, 6) is -4.00. The Hall–Kier alpha value is -2.32. The number of alkyl halides is 2. The molecular weight excluding hydrogens is 405 g/mol. The predicted octanol–water partition coefficient (Wildman–Crippen LogP) is 4.08. The Morgan fingerprint density at radius 1 is 1.23 bits per heavy atom. The van der Waals surface area contributed by atoms with Crippen LogP contribution in [0.1, 0.15) is 50.3 Å². The number of hydrogen-bond donors (Lipinski definition) is 2. The highest BCUT2D eigenvalue weighted by Gasteiger charge is 2.60. The van der Waals surface area contributed by atoms with Crippen molar-refractivity contribution in [3.8, 4) is 0 Å². The van der Waals surface area contributed by atoms with E-state index in [2.05, 4.69) is 10.3 Å². The van der Waals surface area contributed by atoms with Crippen molar-refractivity contribution in [2.45, 2.75) is 50.6 Å². The van der Waals surface area contributed by atoms with Gasteiger partial charge in [-0.3, -0.25) is 0 Å². The first kappa shape index (κ1) is 20.6. The molecule has 1 saturated carbocycles. The lowest BCUT2D eigenvalue weighted by molar-refractivity contribution is 0.0751. The Morgan fingerprint density at radius 3 is 2.58 bits per heavy atom. The van der Waals surface area contributed by atoms with Gasteiger partial charge in [-0.15, -0.1) is 0 Å². The van der Waals surface area contributed by atoms with Crippen LogP contribution in [-0.2, 0) is 5.60 Å². The molecule has 5 rings (SSSR count). The normalized spacial score (nSPS) is 24.0. The molecule has 0 spiro atoms. The summed E-state index contributed by atoms with van der Waals surface area (Å²) in [6, 6.07) is 0. The molecule has 5 nitrogen and oxygen atoms in total. The minimum absolute atomic E-state index is 0.0765. The van der Waals surface area contributed by atoms with Crippen LogP contribution in [0.2, 0.25) is 0 Å². The number of rotatable bonds is 4. The summed E-state index contributed by atoms with van der Waals surface area (Å²) in [4.78, 5) is 6.27. The fourth-order valence-corrected chi connectivity index (χ4v) is 4.80. The summed E-state index contributed by atoms with van der Waals surface area (Å²) in [6.45, 7) is 5.15. The zero-order chi connectivity index (χ0) is 22.0. The van der Waals surface area contributed by atoms with Gasteiger partial charge in [-0.1, -0.05) is 12.2 Å². The Balaban J connectivity index is 1.64. The van der Waals surface area contributed by atoms with Crippen molar-refractivity contribution in [3.05, 3.63) is 53.4 Å². The number of nitrogens with zero attached hydrogens (tertiary/aromatic N) is 3. The zero-order valence-electron chi connectivity index (χ0n) is 17.7. The molecule has 2 fully saturated rings. The van der Waals surface area contributed by atoms with Crippen LogP contribution in [0.5, 0.6) is 0 Å². The largest absolute Gasteiger partial charge is 0.386 e. The van der Waals surface area contributed by atoms with E-state index >= 15 is 4.39 Å². The monoisotopic (exact) mass is 432 g/mol. The Kier molecular flexibility index (Phi) is 4.71. The molecule has 0 radical (unpaired) electrons. The molecule has 3 aliphatic rings. The van der Waals surface area contributed by atoms with Gasteiger partial charge in [-0.25, -0.2) is 18.2 Å². The van der Waals surface area contributed by atoms with Crippen molar-refractivity contribution >= 4 is 11.3 Å². The maximum atomic E-state index is 15.8. The quantitative estimate of drug-likeness (QED) is 0.765. The van der Waals surface area contributed by atoms with E-state index < -0.39 is 23.3 Å². The van der Waals surface area contributed by atoms with E-state index in [1.165, 1.54) is 13.8 Å². The summed E-state index contributed by atoms with van der Waals surface area (Å²) in [7, 11) is 0. The number of piperidine rings is 1. The van der Waals surface area contributed by atoms with Crippen molar-refractivity contribution in [2.75, 3.05) is 24.5 Å². The van der Waals surface area contributed by atoms with Gasteiger partial charge in [0.2, 0.25) is 0 Å². The van der Waals surface area contributed by atoms with Crippen molar-refractivity contribution in [1.82, 2.24) is 14.7 Å². The molecule has 166 valence electrons. The Bertz CT molecular complexity index is 1080. The van der Waals surface area contributed by atoms with E-state index in [-0.39, 0.29) is 23.5 Å². The van der Waals surface area contributed by atoms with Crippen molar-refractivity contribution < 1.29 is 18.3 Å². The molecule has 2 aromatic rings. The molecule has 8 heteroatoms. The van der Waals surface area contributed by atoms with Gasteiger partial charge in [-0.05, 0) is 45.9 Å². The maximum absolute atomic E-state index is 15.8. The van der Waals surface area contributed by atoms with Gasteiger partial charge in [0.05, 0.1) is 22.9 Å². The molecule has 1 saturated heterocycles. The molecule has 2 aromatic heterocycles. The van der Waals surface area contributed by atoms with Gasteiger partial charge in [0.1, 0.15) is 0 Å². The third kappa shape index (κ3) is 3.55. The molecule has 4 heterocycles. The van der Waals surface area contributed by atoms with Crippen LogP contribution in [0.25, 0.3) is 5.65 Å². The SMILES string of the molecule is CC(C)(O)c1c(N2CC=CC=C2C2CC2(F)F)cn2cc(C3CCNCC3)nc2c1F. The van der Waals surface area contributed by atoms with E-state index in [1.807, 2.05) is 12.3 Å². The molecule has 2 aliphatic heterocycles. The minimum atomic E-state index is -2.75. The average molecular weight is 432 g/mol. The Labute approximate surface area is 179 Å². The van der Waals surface area contributed by atoms with E-state index in [0.717, 1.165) is 31.6 Å². The van der Waals surface area contributed by atoms with E-state index in [9.17, 15) is 13.9 Å². The minimum Gasteiger partial charge on any atom is -0.386 e. The first-order valence-electron chi connectivity index (χ1n) is 10.8. The molecule has 1 aliphatic carbocycles. The predicted molar refractivity (Wildman–Crippen MR) is 113 cm³/mol. The first-order valence-corrected chi connectivity index (χ1v) is 10.8. The highest BCUT2D eigenvalue weighted by Crippen LogP contribution is 2.55. The van der Waals surface area contributed by atoms with Crippen molar-refractivity contribution in [3.63, 3.8) is 0 Å². The van der Waals surface area contributed by atoms with Crippen LogP contribution in [0, 0.1) is 11.7 Å². The number of anilines is 1. The third-order valence-corrected chi connectivity index (χ3v) is 6.53. The topological polar surface area (TPSA) is 52.8 Å². The summed E-state index contributed by atoms with van der Waals surface area (Å²) in [5.41, 5.74) is 0.389. The molecule has 1 unspecified atom stereocenters. The van der Waals surface area contributed by atoms with Crippen LogP contribution in [0.4, 0.5) is 18.9 Å². The van der Waals surface area contributed by atoms with Crippen LogP contribution in [-0.4, -0.2) is 40.0 Å². The molecule has 31 heavy (non-hydrogen) atoms. The summed E-state index contributed by atoms with van der Waals surface area (Å²) >= 11 is 0. The number of hydrogen-bond acceptors (Lipinski definition) is 4. The van der Waals surface area contributed by atoms with E-state index in [0.29, 0.717) is 17.9 Å². The standard InChI is InChI=1S/C23H27F3N4O/c1-22(2,31)19-18(30-10-4-3-5-17(30)15-11-23(15,25)26)13-29-12-16(28-21(29)20(19)24)14-6-8-27-9-7-14/h3-5,12-15,27,31H,6-11H2,1-2H3. The fourth-order valence-electron chi connectivity index (χ4n) is 4.80. The van der Waals surface area contributed by atoms with Crippen LogP contribution >= 0.6 is 0 Å². The number of aromatic nitrogens is 2. The lowest BCUT2D eigenvalue weighted by Crippen LogP contribution is -2.31. The highest BCUT2D eigenvalue weighted by atomic mass is 19.3. The van der Waals surface area contributed by atoms with Gasteiger partial charge in [0.25, 0.3) is 5.92 Å². The fraction of sp³-hybridized carbons (Fsp3) is 0.522. The lowest BCUT2D eigenvalue weighted by Gasteiger charge is -2.33. The average Bonchev–Trinajstić information content (AvgIpc) is 3.16. The van der Waals surface area contributed by atoms with Gasteiger partial charge < -0.3 is 19.7 Å². The molecule has 0 bridgehead atoms. The zero-order valence-corrected chi connectivity index (χ0v) is 17.7. The summed E-state index contributed by atoms with van der Waals surface area (Å²) in [6.07, 6.45) is 10.5. The van der Waals surface area contributed by atoms with Crippen molar-refractivity contribution in [1.29, 1.82) is 0 Å². The molecule has 1 atom stereocenters. The smallest absolute Gasteiger partial charge is 0.257 e. The van der Waals surface area contributed by atoms with Gasteiger partial charge in [0, 0.05) is 42.5 Å². The molecule has 2 N–H and O–H groups in total. The van der Waals surface area contributed by atoms with Crippen LogP contribution < -0.4 is 10.2 Å². The highest BCUT2D eigenvalue weighted by molar-refractivity contribution is 5.66. The number of aliphatic hydroxyl groups is 1. The number of halogens is 3. The number of allylic oxidation sites excluding steroid dienone is 3. The second-order valence-electron chi connectivity index (χ2n) is 9.33. The van der Waals surface area contributed by atoms with Gasteiger partial charge in [0.15, 0.2) is 11.5 Å². The second-order valence-corrected chi connectivity index (χ2v) is 9.33. The number of imidazole rings is 1. The van der Waals surface area contributed by atoms with Gasteiger partial charge >= 0.3 is 0 Å². The number of nitrogens with one attached hydrogen (secondary N) is 1. The van der Waals surface area contributed by atoms with Crippen LogP contribution in [0.3, 0.4) is 0 Å². The third-order valence-electron chi connectivity index (χ3n) is 6.53. The second kappa shape index (κ2) is 7.10. The number of pyridine rings is 1. The van der Waals surface area contributed by atoms with Crippen molar-refractivity contribution in [2.24, 2.45) is 5.92 Å². The Morgan fingerprint density at radius 2 is 1.94 bits per heavy atom. The maximum Gasteiger partial charge on any atom is 0.257 e. The summed E-state index contributed by atoms with van der Waals surface area (Å²) < 4.78 is 45.2. The molecule has 0 amide bonds. The number of fused-ring (bicyclic) bond motifs is 1. The summed E-state index contributed by atoms with van der Waals surface area (Å²) in [5, 5.41) is 14.2. The van der Waals surface area contributed by atoms with Gasteiger partial charge in [-0.2, -0.15) is 0 Å². The van der Waals surface area contributed by atoms with E-state index in [1.54, 1.807) is 27.6 Å². The molecule has 0 aromatic carbocycles. The first-order chi connectivity index (χ1) is 14.7. The lowest BCUT2D eigenvalue weighted by atomic mass is 9.95. The molecular formula is C23H27F3N4O. The van der Waals surface area contributed by atoms with Crippen LogP contribution in [0.15, 0.2) is 36.3 Å². The van der Waals surface area contributed by atoms with E-state index in [4.69, 9.17) is 0 Å².